The molecule has 16 heavy (non-hydrogen) atoms. The van der Waals surface area contributed by atoms with Crippen LogP contribution in [0.5, 0.6) is 0 Å². The Hall–Kier alpha value is -1.62. The molecular weight excluding hydrogens is 202 g/mol. The minimum atomic E-state index is 0.637. The maximum absolute atomic E-state index is 5.82. The van der Waals surface area contributed by atoms with Gasteiger partial charge >= 0.3 is 0 Å². The molecule has 0 bridgehead atoms. The first-order valence-corrected chi connectivity index (χ1v) is 5.65. The van der Waals surface area contributed by atoms with Crippen LogP contribution in [0.25, 0.3) is 5.65 Å². The second-order valence-corrected chi connectivity index (χ2v) is 4.23. The average Bonchev–Trinajstić information content (AvgIpc) is 2.88. The quantitative estimate of drug-likeness (QED) is 0.812. The average molecular weight is 217 g/mol. The van der Waals surface area contributed by atoms with E-state index in [1.54, 1.807) is 4.52 Å². The van der Waals surface area contributed by atoms with Crippen LogP contribution in [0, 0.1) is 0 Å². The van der Waals surface area contributed by atoms with Gasteiger partial charge in [-0.2, -0.15) is 4.52 Å². The fourth-order valence-electron chi connectivity index (χ4n) is 2.18. The van der Waals surface area contributed by atoms with Crippen LogP contribution in [0.1, 0.15) is 18.7 Å². The lowest BCUT2D eigenvalue weighted by Gasteiger charge is -2.10. The molecule has 2 aromatic heterocycles. The van der Waals surface area contributed by atoms with E-state index < -0.39 is 0 Å². The molecule has 0 amide bonds. The number of hydrogen-bond acceptors (Lipinski definition) is 4. The van der Waals surface area contributed by atoms with Gasteiger partial charge in [0, 0.05) is 0 Å². The van der Waals surface area contributed by atoms with Gasteiger partial charge in [0.15, 0.2) is 11.5 Å². The summed E-state index contributed by atoms with van der Waals surface area (Å²) in [5.74, 6) is 1.50. The van der Waals surface area contributed by atoms with E-state index in [1.807, 2.05) is 18.2 Å². The van der Waals surface area contributed by atoms with Gasteiger partial charge in [-0.3, -0.25) is 4.90 Å². The van der Waals surface area contributed by atoms with E-state index in [0.717, 1.165) is 31.1 Å². The summed E-state index contributed by atoms with van der Waals surface area (Å²) in [6, 6.07) is 5.66. The van der Waals surface area contributed by atoms with Crippen molar-refractivity contribution in [2.45, 2.75) is 19.4 Å². The molecule has 1 aliphatic rings. The molecule has 1 aliphatic heterocycles. The number of likely N-dealkylation sites (tertiary alicyclic amines) is 1. The van der Waals surface area contributed by atoms with Crippen molar-refractivity contribution in [2.24, 2.45) is 0 Å². The van der Waals surface area contributed by atoms with Crippen LogP contribution in [-0.2, 0) is 6.54 Å². The molecule has 5 heteroatoms. The zero-order valence-corrected chi connectivity index (χ0v) is 9.13. The molecule has 0 radical (unpaired) electrons. The molecule has 1 saturated heterocycles. The SMILES string of the molecule is Nc1cccc2nc(CN3CCCC3)nn12. The van der Waals surface area contributed by atoms with Crippen molar-refractivity contribution in [2.75, 3.05) is 18.8 Å². The fourth-order valence-corrected chi connectivity index (χ4v) is 2.18. The third kappa shape index (κ3) is 1.63. The van der Waals surface area contributed by atoms with Gasteiger partial charge in [-0.05, 0) is 38.1 Å². The Kier molecular flexibility index (Phi) is 2.25. The second kappa shape index (κ2) is 3.75. The molecule has 84 valence electrons. The Morgan fingerprint density at radius 3 is 2.81 bits per heavy atom. The van der Waals surface area contributed by atoms with Gasteiger partial charge in [-0.1, -0.05) is 6.07 Å². The van der Waals surface area contributed by atoms with Crippen LogP contribution in [0.4, 0.5) is 5.82 Å². The highest BCUT2D eigenvalue weighted by Gasteiger charge is 2.14. The summed E-state index contributed by atoms with van der Waals surface area (Å²) < 4.78 is 1.70. The summed E-state index contributed by atoms with van der Waals surface area (Å²) in [6.45, 7) is 3.15. The molecular formula is C11H15N5. The topological polar surface area (TPSA) is 59.5 Å². The van der Waals surface area contributed by atoms with Crippen LogP contribution in [0.15, 0.2) is 18.2 Å². The van der Waals surface area contributed by atoms with E-state index in [1.165, 1.54) is 12.8 Å². The Labute approximate surface area is 93.9 Å². The van der Waals surface area contributed by atoms with E-state index in [4.69, 9.17) is 5.73 Å². The number of aromatic nitrogens is 3. The van der Waals surface area contributed by atoms with E-state index in [0.29, 0.717) is 5.82 Å². The molecule has 2 N–H and O–H groups in total. The normalized spacial score (nSPS) is 17.2. The van der Waals surface area contributed by atoms with E-state index in [2.05, 4.69) is 15.0 Å². The molecule has 0 unspecified atom stereocenters. The zero-order chi connectivity index (χ0) is 11.0. The molecule has 0 spiro atoms. The predicted octanol–water partition coefficient (Wildman–Crippen LogP) is 0.907. The number of fused-ring (bicyclic) bond motifs is 1. The van der Waals surface area contributed by atoms with E-state index in [-0.39, 0.29) is 0 Å². The number of hydrogen-bond donors (Lipinski definition) is 1. The molecule has 2 aromatic rings. The first kappa shape index (κ1) is 9.59. The summed E-state index contributed by atoms with van der Waals surface area (Å²) in [5, 5.41) is 4.41. The van der Waals surface area contributed by atoms with E-state index in [9.17, 15) is 0 Å². The molecule has 0 aliphatic carbocycles. The monoisotopic (exact) mass is 217 g/mol. The van der Waals surface area contributed by atoms with Crippen LogP contribution in [-0.4, -0.2) is 32.6 Å². The third-order valence-corrected chi connectivity index (χ3v) is 3.00. The highest BCUT2D eigenvalue weighted by atomic mass is 15.3. The van der Waals surface area contributed by atoms with Crippen molar-refractivity contribution in [1.82, 2.24) is 19.5 Å². The van der Waals surface area contributed by atoms with Gasteiger partial charge < -0.3 is 5.73 Å². The van der Waals surface area contributed by atoms with Crippen LogP contribution in [0.3, 0.4) is 0 Å². The van der Waals surface area contributed by atoms with Gasteiger partial charge in [0.25, 0.3) is 0 Å². The summed E-state index contributed by atoms with van der Waals surface area (Å²) in [7, 11) is 0. The van der Waals surface area contributed by atoms with Crippen molar-refractivity contribution < 1.29 is 0 Å². The predicted molar refractivity (Wildman–Crippen MR) is 61.9 cm³/mol. The summed E-state index contributed by atoms with van der Waals surface area (Å²) in [6.07, 6.45) is 2.57. The lowest BCUT2D eigenvalue weighted by molar-refractivity contribution is 0.322. The molecule has 3 heterocycles. The van der Waals surface area contributed by atoms with Gasteiger partial charge in [-0.25, -0.2) is 4.98 Å². The zero-order valence-electron chi connectivity index (χ0n) is 9.13. The van der Waals surface area contributed by atoms with Gasteiger partial charge in [-0.15, -0.1) is 5.10 Å². The first-order valence-electron chi connectivity index (χ1n) is 5.65. The first-order chi connectivity index (χ1) is 7.83. The largest absolute Gasteiger partial charge is 0.384 e. The smallest absolute Gasteiger partial charge is 0.165 e. The standard InChI is InChI=1S/C11H15N5/c12-9-4-3-5-11-13-10(14-16(9)11)8-15-6-1-2-7-15/h3-5H,1-2,6-8,12H2. The molecule has 3 rings (SSSR count). The Morgan fingerprint density at radius 2 is 2.06 bits per heavy atom. The summed E-state index contributed by atoms with van der Waals surface area (Å²) in [4.78, 5) is 6.85. The molecule has 0 aromatic carbocycles. The van der Waals surface area contributed by atoms with Crippen molar-refractivity contribution in [1.29, 1.82) is 0 Å². The molecule has 1 fully saturated rings. The highest BCUT2D eigenvalue weighted by molar-refractivity contribution is 5.45. The van der Waals surface area contributed by atoms with E-state index >= 15 is 0 Å². The van der Waals surface area contributed by atoms with Gasteiger partial charge in [0.05, 0.1) is 6.54 Å². The van der Waals surface area contributed by atoms with Crippen molar-refractivity contribution in [3.63, 3.8) is 0 Å². The van der Waals surface area contributed by atoms with Crippen LogP contribution >= 0.6 is 0 Å². The summed E-state index contributed by atoms with van der Waals surface area (Å²) >= 11 is 0. The van der Waals surface area contributed by atoms with Gasteiger partial charge in [0.2, 0.25) is 0 Å². The maximum atomic E-state index is 5.82. The fraction of sp³-hybridized carbons (Fsp3) is 0.455. The minimum absolute atomic E-state index is 0.637. The number of nitrogens with zero attached hydrogens (tertiary/aromatic N) is 4. The minimum Gasteiger partial charge on any atom is -0.384 e. The Bertz CT molecular complexity index is 498. The lowest BCUT2D eigenvalue weighted by Crippen LogP contribution is -2.19. The Balaban J connectivity index is 1.90. The second-order valence-electron chi connectivity index (χ2n) is 4.23. The number of pyridine rings is 1. The molecule has 0 saturated carbocycles. The number of nitrogen functional groups attached to an aromatic ring is 1. The molecule has 5 nitrogen and oxygen atoms in total. The highest BCUT2D eigenvalue weighted by Crippen LogP contribution is 2.12. The third-order valence-electron chi connectivity index (χ3n) is 3.00. The van der Waals surface area contributed by atoms with Crippen molar-refractivity contribution in [3.8, 4) is 0 Å². The number of nitrogens with two attached hydrogens (primary N) is 1. The molecule has 0 atom stereocenters. The Morgan fingerprint density at radius 1 is 1.25 bits per heavy atom. The van der Waals surface area contributed by atoms with Crippen molar-refractivity contribution in [3.05, 3.63) is 24.0 Å². The number of anilines is 1. The maximum Gasteiger partial charge on any atom is 0.165 e. The summed E-state index contributed by atoms with van der Waals surface area (Å²) in [5.41, 5.74) is 6.65. The van der Waals surface area contributed by atoms with Crippen LogP contribution in [0.2, 0.25) is 0 Å². The van der Waals surface area contributed by atoms with Crippen molar-refractivity contribution >= 4 is 11.5 Å². The van der Waals surface area contributed by atoms with Gasteiger partial charge in [0.1, 0.15) is 5.82 Å². The number of rotatable bonds is 2. The van der Waals surface area contributed by atoms with Crippen LogP contribution < -0.4 is 5.73 Å². The lowest BCUT2D eigenvalue weighted by atomic mass is 10.4.